The zero-order valence-electron chi connectivity index (χ0n) is 17.9. The first kappa shape index (κ1) is 21.6. The lowest BCUT2D eigenvalue weighted by Gasteiger charge is -2.18. The fourth-order valence-corrected chi connectivity index (χ4v) is 3.47. The first-order chi connectivity index (χ1) is 15.4. The predicted octanol–water partition coefficient (Wildman–Crippen LogP) is 4.23. The molecule has 4 aromatic heterocycles. The Hall–Kier alpha value is -3.63. The summed E-state index contributed by atoms with van der Waals surface area (Å²) in [5, 5.41) is 14.0. The number of amides is 2. The number of hydrogen-bond donors (Lipinski definition) is 2. The van der Waals surface area contributed by atoms with Crippen LogP contribution < -0.4 is 10.6 Å². The zero-order chi connectivity index (χ0) is 22.8. The van der Waals surface area contributed by atoms with Crippen molar-refractivity contribution in [1.82, 2.24) is 29.9 Å². The van der Waals surface area contributed by atoms with Crippen molar-refractivity contribution >= 4 is 40.0 Å². The molecule has 4 rings (SSSR count). The molecule has 164 valence electrons. The van der Waals surface area contributed by atoms with Gasteiger partial charge in [0.15, 0.2) is 5.82 Å². The van der Waals surface area contributed by atoms with Gasteiger partial charge in [-0.2, -0.15) is 10.2 Å². The van der Waals surface area contributed by atoms with Crippen LogP contribution in [0.25, 0.3) is 16.9 Å². The molecule has 0 aliphatic heterocycles. The summed E-state index contributed by atoms with van der Waals surface area (Å²) in [5.41, 5.74) is 4.47. The van der Waals surface area contributed by atoms with Crippen LogP contribution >= 0.6 is 11.6 Å². The third kappa shape index (κ3) is 4.23. The molecule has 4 heterocycles. The number of rotatable bonds is 5. The topological polar surface area (TPSA) is 120 Å². The van der Waals surface area contributed by atoms with E-state index in [9.17, 15) is 4.79 Å². The highest BCUT2D eigenvalue weighted by molar-refractivity contribution is 6.32. The number of carbonyl (C=O) groups is 1. The lowest BCUT2D eigenvalue weighted by Crippen LogP contribution is -2.22. The molecule has 0 aromatic carbocycles. The van der Waals surface area contributed by atoms with Gasteiger partial charge in [0.25, 0.3) is 0 Å². The highest BCUT2D eigenvalue weighted by Gasteiger charge is 2.19. The summed E-state index contributed by atoms with van der Waals surface area (Å²) in [6, 6.07) is 4.90. The maximum Gasteiger partial charge on any atom is 0.323 e. The first-order valence-corrected chi connectivity index (χ1v) is 10.2. The number of anilines is 2. The molecule has 4 aromatic rings. The summed E-state index contributed by atoms with van der Waals surface area (Å²) in [6.45, 7) is 5.54. The number of ether oxygens (including phenoxy) is 1. The molecular weight excluding hydrogens is 432 g/mol. The molecule has 32 heavy (non-hydrogen) atoms. The van der Waals surface area contributed by atoms with Gasteiger partial charge >= 0.3 is 6.03 Å². The van der Waals surface area contributed by atoms with E-state index in [0.29, 0.717) is 33.4 Å². The minimum atomic E-state index is -0.478. The van der Waals surface area contributed by atoms with Gasteiger partial charge < -0.3 is 15.4 Å². The number of nitrogens with one attached hydrogen (secondary N) is 2. The minimum absolute atomic E-state index is 0.294. The Bertz CT molecular complexity index is 1290. The van der Waals surface area contributed by atoms with Gasteiger partial charge in [0.2, 0.25) is 0 Å². The molecule has 0 aliphatic rings. The van der Waals surface area contributed by atoms with Gasteiger partial charge in [-0.05, 0) is 39.0 Å². The maximum absolute atomic E-state index is 12.8. The van der Waals surface area contributed by atoms with Crippen LogP contribution in [-0.2, 0) is 4.74 Å². The van der Waals surface area contributed by atoms with E-state index in [1.54, 1.807) is 26.3 Å². The quantitative estimate of drug-likeness (QED) is 0.465. The summed E-state index contributed by atoms with van der Waals surface area (Å²) < 4.78 is 5.53. The van der Waals surface area contributed by atoms with Crippen molar-refractivity contribution in [2.45, 2.75) is 26.9 Å². The smallest absolute Gasteiger partial charge is 0.323 e. The Kier molecular flexibility index (Phi) is 5.97. The fraction of sp³-hybridized carbons (Fsp3) is 0.238. The van der Waals surface area contributed by atoms with Gasteiger partial charge in [-0.1, -0.05) is 11.6 Å². The zero-order valence-corrected chi connectivity index (χ0v) is 18.7. The minimum Gasteiger partial charge on any atom is -0.377 e. The second-order valence-corrected chi connectivity index (χ2v) is 7.52. The lowest BCUT2D eigenvalue weighted by molar-refractivity contribution is 0.121. The van der Waals surface area contributed by atoms with Crippen LogP contribution in [0.2, 0.25) is 5.02 Å². The van der Waals surface area contributed by atoms with Gasteiger partial charge in [-0.3, -0.25) is 9.97 Å². The normalized spacial score (nSPS) is 12.0. The highest BCUT2D eigenvalue weighted by atomic mass is 35.5. The molecule has 2 amide bonds. The molecule has 0 fully saturated rings. The van der Waals surface area contributed by atoms with Crippen LogP contribution in [-0.4, -0.2) is 43.1 Å². The van der Waals surface area contributed by atoms with E-state index in [-0.39, 0.29) is 6.10 Å². The summed E-state index contributed by atoms with van der Waals surface area (Å²) in [4.78, 5) is 27.6. The van der Waals surface area contributed by atoms with Crippen molar-refractivity contribution in [3.63, 3.8) is 0 Å². The van der Waals surface area contributed by atoms with Crippen molar-refractivity contribution in [3.8, 4) is 5.82 Å². The number of nitrogens with zero attached hydrogens (tertiary/aromatic N) is 6. The largest absolute Gasteiger partial charge is 0.377 e. The van der Waals surface area contributed by atoms with Gasteiger partial charge in [-0.25, -0.2) is 9.78 Å². The second kappa shape index (κ2) is 8.85. The fourth-order valence-electron chi connectivity index (χ4n) is 3.25. The van der Waals surface area contributed by atoms with Crippen LogP contribution in [0.15, 0.2) is 36.8 Å². The van der Waals surface area contributed by atoms with Gasteiger partial charge in [0, 0.05) is 18.4 Å². The van der Waals surface area contributed by atoms with Crippen molar-refractivity contribution in [1.29, 1.82) is 0 Å². The van der Waals surface area contributed by atoms with Crippen LogP contribution in [0.3, 0.4) is 0 Å². The van der Waals surface area contributed by atoms with Gasteiger partial charge in [-0.15, -0.1) is 4.80 Å². The number of hydrogen-bond acceptors (Lipinski definition) is 7. The molecule has 0 radical (unpaired) electrons. The van der Waals surface area contributed by atoms with E-state index < -0.39 is 6.03 Å². The first-order valence-electron chi connectivity index (χ1n) is 9.78. The van der Waals surface area contributed by atoms with Crippen LogP contribution in [0.4, 0.5) is 16.2 Å². The van der Waals surface area contributed by atoms with Crippen molar-refractivity contribution < 1.29 is 9.53 Å². The van der Waals surface area contributed by atoms with Crippen LogP contribution in [0.5, 0.6) is 0 Å². The summed E-state index contributed by atoms with van der Waals surface area (Å²) in [7, 11) is 1.60. The molecule has 1 atom stereocenters. The average Bonchev–Trinajstić information content (AvgIpc) is 3.30. The third-order valence-electron chi connectivity index (χ3n) is 4.90. The number of urea groups is 1. The van der Waals surface area contributed by atoms with E-state index in [4.69, 9.17) is 16.3 Å². The van der Waals surface area contributed by atoms with Gasteiger partial charge in [0.1, 0.15) is 0 Å². The number of fused-ring (bicyclic) bond motifs is 1. The van der Waals surface area contributed by atoms with E-state index in [1.807, 2.05) is 26.0 Å². The monoisotopic (exact) mass is 452 g/mol. The Balaban J connectivity index is 1.63. The Morgan fingerprint density at radius 1 is 1.12 bits per heavy atom. The number of aromatic nitrogens is 6. The summed E-state index contributed by atoms with van der Waals surface area (Å²) in [6.07, 6.45) is 4.33. The molecule has 11 heteroatoms. The third-order valence-corrected chi connectivity index (χ3v) is 5.18. The van der Waals surface area contributed by atoms with E-state index >= 15 is 0 Å². The molecule has 0 spiro atoms. The number of pyridine rings is 3. The Morgan fingerprint density at radius 2 is 1.84 bits per heavy atom. The molecule has 0 bridgehead atoms. The molecule has 1 unspecified atom stereocenters. The number of aryl methyl sites for hydroxylation is 2. The Morgan fingerprint density at radius 3 is 2.56 bits per heavy atom. The summed E-state index contributed by atoms with van der Waals surface area (Å²) >= 11 is 6.33. The van der Waals surface area contributed by atoms with Crippen LogP contribution in [0, 0.1) is 13.8 Å². The predicted molar refractivity (Wildman–Crippen MR) is 121 cm³/mol. The molecule has 0 aliphatic carbocycles. The molecule has 2 N–H and O–H groups in total. The highest BCUT2D eigenvalue weighted by Crippen LogP contribution is 2.31. The summed E-state index contributed by atoms with van der Waals surface area (Å²) in [5.74, 6) is 0.372. The van der Waals surface area contributed by atoms with Crippen molar-refractivity contribution in [2.75, 3.05) is 17.7 Å². The maximum atomic E-state index is 12.8. The van der Waals surface area contributed by atoms with E-state index in [2.05, 4.69) is 35.8 Å². The van der Waals surface area contributed by atoms with E-state index in [1.165, 1.54) is 17.2 Å². The van der Waals surface area contributed by atoms with Crippen molar-refractivity contribution in [2.24, 2.45) is 0 Å². The molecular formula is C21H21ClN8O2. The van der Waals surface area contributed by atoms with Crippen molar-refractivity contribution in [3.05, 3.63) is 58.8 Å². The van der Waals surface area contributed by atoms with Crippen LogP contribution in [0.1, 0.15) is 30.0 Å². The van der Waals surface area contributed by atoms with Gasteiger partial charge in [0.05, 0.1) is 57.8 Å². The Labute approximate surface area is 189 Å². The SMILES string of the molecule is COC(C)c1c(NC(=O)Nc2cc(Cl)c(-n3nccn3)nc2C)cnc2ccc(C)nc12. The molecule has 0 saturated heterocycles. The molecule has 0 saturated carbocycles. The number of methoxy groups -OCH3 is 1. The lowest BCUT2D eigenvalue weighted by atomic mass is 10.1. The second-order valence-electron chi connectivity index (χ2n) is 7.11. The van der Waals surface area contributed by atoms with E-state index in [0.717, 1.165) is 16.8 Å². The molecule has 10 nitrogen and oxygen atoms in total. The average molecular weight is 453 g/mol. The standard InChI is InChI=1S/C21H21ClN8O2/c1-11-5-6-15-19(26-11)18(13(3)32-4)17(10-23-15)29-21(31)28-16-9-14(22)20(27-12(16)2)30-24-7-8-25-30/h5-10,13H,1-4H3,(H2,28,29,31). The number of carbonyl (C=O) groups excluding carboxylic acids is 1. The number of halogens is 1.